The smallest absolute Gasteiger partial charge is 0.163 e. The van der Waals surface area contributed by atoms with Crippen LogP contribution in [0.25, 0.3) is 28.0 Å². The van der Waals surface area contributed by atoms with E-state index in [2.05, 4.69) is 33.9 Å². The number of aromatic nitrogens is 3. The van der Waals surface area contributed by atoms with Crippen molar-refractivity contribution in [3.05, 3.63) is 65.1 Å². The van der Waals surface area contributed by atoms with Crippen LogP contribution in [0.3, 0.4) is 0 Å². The molecule has 0 bridgehead atoms. The SMILES string of the molecule is Cc1nn2c(-c3ccsc3)ccnc2c1-c1ccccc1. The van der Waals surface area contributed by atoms with Crippen molar-refractivity contribution in [1.82, 2.24) is 14.6 Å². The molecule has 102 valence electrons. The van der Waals surface area contributed by atoms with E-state index in [-0.39, 0.29) is 0 Å². The van der Waals surface area contributed by atoms with E-state index in [0.29, 0.717) is 0 Å². The number of fused-ring (bicyclic) bond motifs is 1. The van der Waals surface area contributed by atoms with E-state index in [9.17, 15) is 0 Å². The van der Waals surface area contributed by atoms with Crippen LogP contribution in [0.4, 0.5) is 0 Å². The first-order chi connectivity index (χ1) is 10.3. The number of hydrogen-bond acceptors (Lipinski definition) is 3. The van der Waals surface area contributed by atoms with E-state index < -0.39 is 0 Å². The molecule has 4 rings (SSSR count). The number of hydrogen-bond donors (Lipinski definition) is 0. The molecule has 0 radical (unpaired) electrons. The molecule has 0 saturated carbocycles. The predicted molar refractivity (Wildman–Crippen MR) is 86.5 cm³/mol. The second-order valence-electron chi connectivity index (χ2n) is 4.90. The summed E-state index contributed by atoms with van der Waals surface area (Å²) in [5.74, 6) is 0. The largest absolute Gasteiger partial charge is 0.236 e. The van der Waals surface area contributed by atoms with Crippen molar-refractivity contribution in [1.29, 1.82) is 0 Å². The van der Waals surface area contributed by atoms with Crippen molar-refractivity contribution in [2.45, 2.75) is 6.92 Å². The summed E-state index contributed by atoms with van der Waals surface area (Å²) in [5.41, 5.74) is 6.41. The highest BCUT2D eigenvalue weighted by Gasteiger charge is 2.15. The summed E-state index contributed by atoms with van der Waals surface area (Å²) in [6.45, 7) is 2.04. The van der Waals surface area contributed by atoms with Gasteiger partial charge in [-0.1, -0.05) is 30.3 Å². The topological polar surface area (TPSA) is 30.2 Å². The summed E-state index contributed by atoms with van der Waals surface area (Å²) in [7, 11) is 0. The van der Waals surface area contributed by atoms with E-state index in [0.717, 1.165) is 28.2 Å². The number of thiophene rings is 1. The molecule has 0 fully saturated rings. The molecule has 21 heavy (non-hydrogen) atoms. The average Bonchev–Trinajstić information content (AvgIpc) is 3.14. The number of aryl methyl sites for hydroxylation is 1. The highest BCUT2D eigenvalue weighted by molar-refractivity contribution is 7.08. The fourth-order valence-electron chi connectivity index (χ4n) is 2.62. The quantitative estimate of drug-likeness (QED) is 0.547. The first kappa shape index (κ1) is 12.3. The lowest BCUT2D eigenvalue weighted by Crippen LogP contribution is -1.94. The Morgan fingerprint density at radius 3 is 2.62 bits per heavy atom. The summed E-state index contributed by atoms with van der Waals surface area (Å²) >= 11 is 1.69. The third-order valence-electron chi connectivity index (χ3n) is 3.57. The van der Waals surface area contributed by atoms with Gasteiger partial charge in [-0.2, -0.15) is 16.4 Å². The Labute approximate surface area is 126 Å². The molecule has 0 N–H and O–H groups in total. The molecule has 0 spiro atoms. The van der Waals surface area contributed by atoms with Crippen LogP contribution in [0.2, 0.25) is 0 Å². The molecule has 3 aromatic heterocycles. The molecule has 3 nitrogen and oxygen atoms in total. The Bertz CT molecular complexity index is 893. The van der Waals surface area contributed by atoms with Crippen molar-refractivity contribution < 1.29 is 0 Å². The van der Waals surface area contributed by atoms with Crippen molar-refractivity contribution in [3.63, 3.8) is 0 Å². The van der Waals surface area contributed by atoms with E-state index in [1.165, 1.54) is 5.56 Å². The molecule has 4 aromatic rings. The van der Waals surface area contributed by atoms with E-state index in [1.54, 1.807) is 11.3 Å². The molecular formula is C17H13N3S. The van der Waals surface area contributed by atoms with Gasteiger partial charge < -0.3 is 0 Å². The zero-order valence-corrected chi connectivity index (χ0v) is 12.3. The Morgan fingerprint density at radius 2 is 1.86 bits per heavy atom. The zero-order valence-electron chi connectivity index (χ0n) is 11.5. The lowest BCUT2D eigenvalue weighted by atomic mass is 10.1. The number of rotatable bonds is 2. The molecule has 0 aliphatic rings. The van der Waals surface area contributed by atoms with Crippen LogP contribution in [-0.4, -0.2) is 14.6 Å². The van der Waals surface area contributed by atoms with Crippen LogP contribution in [-0.2, 0) is 0 Å². The molecule has 0 aliphatic heterocycles. The first-order valence-corrected chi connectivity index (χ1v) is 7.71. The number of nitrogens with zero attached hydrogens (tertiary/aromatic N) is 3. The molecule has 1 aromatic carbocycles. The van der Waals surface area contributed by atoms with Gasteiger partial charge in [-0.05, 0) is 30.0 Å². The highest BCUT2D eigenvalue weighted by atomic mass is 32.1. The van der Waals surface area contributed by atoms with Gasteiger partial charge in [0.05, 0.1) is 11.4 Å². The normalized spacial score (nSPS) is 11.1. The fraction of sp³-hybridized carbons (Fsp3) is 0.0588. The second-order valence-corrected chi connectivity index (χ2v) is 5.68. The van der Waals surface area contributed by atoms with Crippen LogP contribution in [0.5, 0.6) is 0 Å². The van der Waals surface area contributed by atoms with Gasteiger partial charge in [0.15, 0.2) is 5.65 Å². The second kappa shape index (κ2) is 4.82. The first-order valence-electron chi connectivity index (χ1n) is 6.77. The van der Waals surface area contributed by atoms with Crippen LogP contribution in [0.1, 0.15) is 5.69 Å². The minimum absolute atomic E-state index is 0.905. The molecule has 0 unspecified atom stereocenters. The lowest BCUT2D eigenvalue weighted by Gasteiger charge is -2.03. The summed E-state index contributed by atoms with van der Waals surface area (Å²) in [6.07, 6.45) is 1.86. The van der Waals surface area contributed by atoms with Crippen molar-refractivity contribution in [3.8, 4) is 22.4 Å². The molecule has 4 heteroatoms. The van der Waals surface area contributed by atoms with Crippen LogP contribution in [0, 0.1) is 6.92 Å². The lowest BCUT2D eigenvalue weighted by molar-refractivity contribution is 0.925. The van der Waals surface area contributed by atoms with E-state index >= 15 is 0 Å². The van der Waals surface area contributed by atoms with Crippen LogP contribution >= 0.6 is 11.3 Å². The van der Waals surface area contributed by atoms with Gasteiger partial charge in [0.2, 0.25) is 0 Å². The third kappa shape index (κ3) is 1.96. The van der Waals surface area contributed by atoms with E-state index in [4.69, 9.17) is 5.10 Å². The van der Waals surface area contributed by atoms with Crippen molar-refractivity contribution >= 4 is 17.0 Å². The minimum atomic E-state index is 0.905. The standard InChI is InChI=1S/C17H13N3S/c1-12-16(13-5-3-2-4-6-13)17-18-9-7-15(20(17)19-12)14-8-10-21-11-14/h2-11H,1H3. The van der Waals surface area contributed by atoms with Gasteiger partial charge in [0, 0.05) is 22.7 Å². The highest BCUT2D eigenvalue weighted by Crippen LogP contribution is 2.30. The Balaban J connectivity index is 2.03. The Morgan fingerprint density at radius 1 is 1.00 bits per heavy atom. The van der Waals surface area contributed by atoms with Gasteiger partial charge >= 0.3 is 0 Å². The summed E-state index contributed by atoms with van der Waals surface area (Å²) in [4.78, 5) is 4.55. The van der Waals surface area contributed by atoms with Crippen LogP contribution in [0.15, 0.2) is 59.4 Å². The molecule has 0 amide bonds. The van der Waals surface area contributed by atoms with E-state index in [1.807, 2.05) is 41.9 Å². The van der Waals surface area contributed by atoms with Gasteiger partial charge in [0.1, 0.15) is 0 Å². The maximum atomic E-state index is 4.70. The Hall–Kier alpha value is -2.46. The molecule has 0 saturated heterocycles. The summed E-state index contributed by atoms with van der Waals surface area (Å²) < 4.78 is 1.94. The van der Waals surface area contributed by atoms with Gasteiger partial charge in [-0.25, -0.2) is 9.50 Å². The summed E-state index contributed by atoms with van der Waals surface area (Å²) in [6, 6.07) is 14.4. The predicted octanol–water partition coefficient (Wildman–Crippen LogP) is 4.43. The molecule has 0 aliphatic carbocycles. The molecular weight excluding hydrogens is 278 g/mol. The maximum Gasteiger partial charge on any atom is 0.163 e. The van der Waals surface area contributed by atoms with Gasteiger partial charge in [-0.15, -0.1) is 0 Å². The van der Waals surface area contributed by atoms with Crippen molar-refractivity contribution in [2.24, 2.45) is 0 Å². The maximum absolute atomic E-state index is 4.70. The fourth-order valence-corrected chi connectivity index (χ4v) is 3.27. The van der Waals surface area contributed by atoms with Crippen LogP contribution < -0.4 is 0 Å². The molecule has 3 heterocycles. The third-order valence-corrected chi connectivity index (χ3v) is 4.26. The molecule has 0 atom stereocenters. The minimum Gasteiger partial charge on any atom is -0.236 e. The number of benzene rings is 1. The Kier molecular flexibility index (Phi) is 2.82. The summed E-state index contributed by atoms with van der Waals surface area (Å²) in [5, 5.41) is 8.92. The average molecular weight is 291 g/mol. The van der Waals surface area contributed by atoms with Gasteiger partial charge in [-0.3, -0.25) is 0 Å². The monoisotopic (exact) mass is 291 g/mol. The van der Waals surface area contributed by atoms with Gasteiger partial charge in [0.25, 0.3) is 0 Å². The van der Waals surface area contributed by atoms with Crippen molar-refractivity contribution in [2.75, 3.05) is 0 Å². The zero-order chi connectivity index (χ0) is 14.2.